The highest BCUT2D eigenvalue weighted by Gasteiger charge is 2.28. The van der Waals surface area contributed by atoms with Crippen LogP contribution in [-0.2, 0) is 24.0 Å². The maximum atomic E-state index is 12.6. The smallest absolute Gasteiger partial charge is 0.410 e. The fourth-order valence-corrected chi connectivity index (χ4v) is 4.19. The van der Waals surface area contributed by atoms with Gasteiger partial charge in [-0.15, -0.1) is 0 Å². The van der Waals surface area contributed by atoms with Crippen LogP contribution in [0.2, 0.25) is 0 Å². The lowest BCUT2D eigenvalue weighted by Gasteiger charge is -2.26. The number of benzene rings is 2. The third-order valence-corrected chi connectivity index (χ3v) is 5.42. The number of fused-ring (bicyclic) bond motifs is 2. The van der Waals surface area contributed by atoms with E-state index >= 15 is 0 Å². The number of hydrogen-bond acceptors (Lipinski definition) is 3. The Labute approximate surface area is 167 Å². The molecule has 28 heavy (non-hydrogen) atoms. The molecule has 0 spiro atoms. The molecule has 4 rings (SSSR count). The molecule has 1 amide bonds. The van der Waals surface area contributed by atoms with E-state index in [1.54, 1.807) is 0 Å². The van der Waals surface area contributed by atoms with Gasteiger partial charge >= 0.3 is 6.09 Å². The molecule has 4 nitrogen and oxygen atoms in total. The van der Waals surface area contributed by atoms with Crippen LogP contribution in [-0.4, -0.2) is 36.3 Å². The van der Waals surface area contributed by atoms with Gasteiger partial charge in [-0.1, -0.05) is 30.3 Å². The zero-order chi connectivity index (χ0) is 19.7. The van der Waals surface area contributed by atoms with Crippen molar-refractivity contribution in [1.29, 1.82) is 0 Å². The summed E-state index contributed by atoms with van der Waals surface area (Å²) in [4.78, 5) is 14.5. The Morgan fingerprint density at radius 1 is 1.04 bits per heavy atom. The van der Waals surface area contributed by atoms with Crippen LogP contribution >= 0.6 is 0 Å². The van der Waals surface area contributed by atoms with E-state index in [1.807, 2.05) is 25.7 Å². The number of carbonyl (C=O) groups is 1. The molecular weight excluding hydrogens is 350 g/mol. The van der Waals surface area contributed by atoms with E-state index in [2.05, 4.69) is 36.4 Å². The first-order chi connectivity index (χ1) is 13.4. The molecule has 0 atom stereocenters. The molecule has 2 aliphatic rings. The van der Waals surface area contributed by atoms with Crippen LogP contribution in [0.15, 0.2) is 36.4 Å². The van der Waals surface area contributed by atoms with Crippen molar-refractivity contribution in [3.05, 3.63) is 53.1 Å². The zero-order valence-corrected chi connectivity index (χ0v) is 17.1. The first-order valence-corrected chi connectivity index (χ1v) is 10.3. The average molecular weight is 380 g/mol. The van der Waals surface area contributed by atoms with Gasteiger partial charge in [0.2, 0.25) is 0 Å². The fraction of sp³-hybridized carbons (Fsp3) is 0.458. The summed E-state index contributed by atoms with van der Waals surface area (Å²) in [5.74, 6) is 1.02. The van der Waals surface area contributed by atoms with Crippen molar-refractivity contribution >= 4 is 6.09 Å². The van der Waals surface area contributed by atoms with Crippen LogP contribution in [0, 0.1) is 0 Å². The van der Waals surface area contributed by atoms with Gasteiger partial charge in [0.15, 0.2) is 0 Å². The third kappa shape index (κ3) is 3.87. The zero-order valence-electron chi connectivity index (χ0n) is 17.1. The van der Waals surface area contributed by atoms with Crippen molar-refractivity contribution < 1.29 is 14.3 Å². The molecule has 0 radical (unpaired) electrons. The lowest BCUT2D eigenvalue weighted by molar-refractivity contribution is 0.0258. The van der Waals surface area contributed by atoms with Crippen LogP contribution in [0.4, 0.5) is 4.79 Å². The van der Waals surface area contributed by atoms with E-state index in [4.69, 9.17) is 9.47 Å². The van der Waals surface area contributed by atoms with Crippen molar-refractivity contribution in [3.63, 3.8) is 0 Å². The molecule has 0 N–H and O–H groups in total. The van der Waals surface area contributed by atoms with Gasteiger partial charge in [0.05, 0.1) is 6.61 Å². The maximum Gasteiger partial charge on any atom is 0.410 e. The molecule has 148 valence electrons. The largest absolute Gasteiger partial charge is 0.493 e. The molecule has 2 heterocycles. The highest BCUT2D eigenvalue weighted by Crippen LogP contribution is 2.40. The lowest BCUT2D eigenvalue weighted by Crippen LogP contribution is -2.38. The van der Waals surface area contributed by atoms with Crippen LogP contribution in [0.3, 0.4) is 0 Å². The molecular formula is C24H29NO3. The van der Waals surface area contributed by atoms with E-state index in [-0.39, 0.29) is 6.09 Å². The van der Waals surface area contributed by atoms with Crippen molar-refractivity contribution in [2.24, 2.45) is 0 Å². The average Bonchev–Trinajstić information content (AvgIpc) is 2.88. The first kappa shape index (κ1) is 18.9. The summed E-state index contributed by atoms with van der Waals surface area (Å²) in [5.41, 5.74) is 6.07. The summed E-state index contributed by atoms with van der Waals surface area (Å²) in [5, 5.41) is 0. The van der Waals surface area contributed by atoms with Crippen molar-refractivity contribution in [3.8, 4) is 16.9 Å². The Morgan fingerprint density at radius 3 is 2.54 bits per heavy atom. The number of hydrogen-bond donors (Lipinski definition) is 0. The van der Waals surface area contributed by atoms with Crippen molar-refractivity contribution in [2.75, 3.05) is 19.7 Å². The molecule has 0 saturated carbocycles. The summed E-state index contributed by atoms with van der Waals surface area (Å²) < 4.78 is 11.6. The van der Waals surface area contributed by atoms with E-state index in [9.17, 15) is 4.79 Å². The van der Waals surface area contributed by atoms with Gasteiger partial charge in [-0.25, -0.2) is 4.79 Å². The lowest BCUT2D eigenvalue weighted by atomic mass is 9.85. The van der Waals surface area contributed by atoms with Crippen molar-refractivity contribution in [1.82, 2.24) is 4.90 Å². The van der Waals surface area contributed by atoms with E-state index < -0.39 is 5.60 Å². The Bertz CT molecular complexity index is 868. The second kappa shape index (κ2) is 7.50. The highest BCUT2D eigenvalue weighted by molar-refractivity contribution is 5.76. The summed E-state index contributed by atoms with van der Waals surface area (Å²) in [6.07, 6.45) is 3.54. The Hall–Kier alpha value is -2.49. The molecule has 2 aromatic carbocycles. The van der Waals surface area contributed by atoms with Gasteiger partial charge in [-0.3, -0.25) is 0 Å². The molecule has 0 bridgehead atoms. The molecule has 4 heteroatoms. The second-order valence-corrected chi connectivity index (χ2v) is 8.65. The van der Waals surface area contributed by atoms with E-state index in [0.717, 1.165) is 38.0 Å². The van der Waals surface area contributed by atoms with Gasteiger partial charge in [0, 0.05) is 18.7 Å². The summed E-state index contributed by atoms with van der Waals surface area (Å²) >= 11 is 0. The minimum atomic E-state index is -0.474. The van der Waals surface area contributed by atoms with Crippen LogP contribution < -0.4 is 4.74 Å². The van der Waals surface area contributed by atoms with Crippen LogP contribution in [0.5, 0.6) is 5.75 Å². The highest BCUT2D eigenvalue weighted by atomic mass is 16.6. The van der Waals surface area contributed by atoms with Gasteiger partial charge in [0.1, 0.15) is 11.4 Å². The predicted octanol–water partition coefficient (Wildman–Crippen LogP) is 5.01. The number of amides is 1. The monoisotopic (exact) mass is 379 g/mol. The number of rotatable bonds is 1. The summed E-state index contributed by atoms with van der Waals surface area (Å²) in [6.45, 7) is 7.88. The van der Waals surface area contributed by atoms with Gasteiger partial charge in [-0.05, 0) is 74.8 Å². The molecule has 2 aliphatic heterocycles. The third-order valence-electron chi connectivity index (χ3n) is 5.42. The molecule has 0 aliphatic carbocycles. The van der Waals surface area contributed by atoms with Gasteiger partial charge in [0.25, 0.3) is 0 Å². The molecule has 0 aromatic heterocycles. The van der Waals surface area contributed by atoms with E-state index in [0.29, 0.717) is 13.1 Å². The quantitative estimate of drug-likeness (QED) is 0.699. The fourth-order valence-electron chi connectivity index (χ4n) is 4.19. The standard InChI is InChI=1S/C24H29NO3/c1-24(2,3)28-23(26)25-13-11-18-16-21-20(10-7-15-27-21)22(19(18)12-14-25)17-8-5-4-6-9-17/h4-6,8-9,16H,7,10-15H2,1-3H3. The number of ether oxygens (including phenoxy) is 2. The Kier molecular flexibility index (Phi) is 5.05. The van der Waals surface area contributed by atoms with E-state index in [1.165, 1.54) is 27.8 Å². The minimum Gasteiger partial charge on any atom is -0.493 e. The molecule has 2 aromatic rings. The normalized spacial score (nSPS) is 16.5. The Balaban J connectivity index is 1.71. The van der Waals surface area contributed by atoms with Crippen LogP contribution in [0.25, 0.3) is 11.1 Å². The predicted molar refractivity (Wildman–Crippen MR) is 111 cm³/mol. The first-order valence-electron chi connectivity index (χ1n) is 10.3. The van der Waals surface area contributed by atoms with Crippen LogP contribution in [0.1, 0.15) is 43.9 Å². The summed E-state index contributed by atoms with van der Waals surface area (Å²) in [6, 6.07) is 12.8. The summed E-state index contributed by atoms with van der Waals surface area (Å²) in [7, 11) is 0. The van der Waals surface area contributed by atoms with Gasteiger partial charge < -0.3 is 14.4 Å². The topological polar surface area (TPSA) is 38.8 Å². The molecule has 0 fully saturated rings. The Morgan fingerprint density at radius 2 is 1.79 bits per heavy atom. The SMILES string of the molecule is CC(C)(C)OC(=O)N1CCc2cc3c(c(-c4ccccc4)c2CC1)CCCO3. The molecule has 0 unspecified atom stereocenters. The van der Waals surface area contributed by atoms with Gasteiger partial charge in [-0.2, -0.15) is 0 Å². The second-order valence-electron chi connectivity index (χ2n) is 8.65. The molecule has 0 saturated heterocycles. The maximum absolute atomic E-state index is 12.6. The van der Waals surface area contributed by atoms with Crippen molar-refractivity contribution in [2.45, 2.75) is 52.1 Å². The number of nitrogens with zero attached hydrogens (tertiary/aromatic N) is 1. The number of carbonyl (C=O) groups excluding carboxylic acids is 1. The minimum absolute atomic E-state index is 0.220.